The van der Waals surface area contributed by atoms with E-state index in [2.05, 4.69) is 16.4 Å². The van der Waals surface area contributed by atoms with Crippen LogP contribution in [0.3, 0.4) is 0 Å². The molecule has 0 fully saturated rings. The molecule has 5 rings (SSSR count). The number of H-pyrrole nitrogens is 1. The summed E-state index contributed by atoms with van der Waals surface area (Å²) in [4.78, 5) is 23.2. The van der Waals surface area contributed by atoms with Crippen LogP contribution in [0.15, 0.2) is 42.5 Å². The molecule has 2 aromatic heterocycles. The van der Waals surface area contributed by atoms with E-state index in [-0.39, 0.29) is 30.9 Å². The number of aromatic amines is 1. The number of carbonyl (C=O) groups excluding carboxylic acids is 1. The van der Waals surface area contributed by atoms with Gasteiger partial charge in [0.05, 0.1) is 43.7 Å². The Morgan fingerprint density at radius 3 is 2.91 bits per heavy atom. The van der Waals surface area contributed by atoms with Crippen molar-refractivity contribution in [3.63, 3.8) is 0 Å². The molecule has 4 aromatic rings. The second-order valence-corrected chi connectivity index (χ2v) is 9.08. The number of halogens is 1. The van der Waals surface area contributed by atoms with Gasteiger partial charge >= 0.3 is 0 Å². The van der Waals surface area contributed by atoms with Crippen molar-refractivity contribution in [2.24, 2.45) is 0 Å². The van der Waals surface area contributed by atoms with Crippen LogP contribution in [0.2, 0.25) is 0 Å². The number of para-hydroxylation sites is 1. The molecule has 0 bridgehead atoms. The third-order valence-corrected chi connectivity index (χ3v) is 6.70. The van der Waals surface area contributed by atoms with Crippen molar-refractivity contribution in [3.8, 4) is 5.75 Å². The van der Waals surface area contributed by atoms with Crippen LogP contribution in [-0.4, -0.2) is 58.7 Å². The van der Waals surface area contributed by atoms with E-state index in [9.17, 15) is 14.3 Å². The molecule has 3 N–H and O–H groups in total. The Bertz CT molecular complexity index is 1400. The maximum atomic E-state index is 14.4. The van der Waals surface area contributed by atoms with Crippen molar-refractivity contribution in [2.75, 3.05) is 26.8 Å². The quantitative estimate of drug-likeness (QED) is 0.381. The number of nitrogens with zero attached hydrogens (tertiary/aromatic N) is 2. The SMILES string of the molecule is COc1ccc(Cc2nc3c(c4c2[nH]c2ccccc24)CCN(C(=O)CNC(C)CO)C3)cc1F. The van der Waals surface area contributed by atoms with E-state index in [1.807, 2.05) is 36.1 Å². The number of carbonyl (C=O) groups is 1. The molecule has 1 atom stereocenters. The van der Waals surface area contributed by atoms with Crippen LogP contribution in [0.1, 0.15) is 29.4 Å². The Labute approximate surface area is 202 Å². The first kappa shape index (κ1) is 23.3. The van der Waals surface area contributed by atoms with E-state index in [4.69, 9.17) is 9.72 Å². The first-order valence-corrected chi connectivity index (χ1v) is 11.8. The smallest absolute Gasteiger partial charge is 0.236 e. The molecule has 1 aliphatic heterocycles. The Kier molecular flexibility index (Phi) is 6.40. The molecule has 3 heterocycles. The number of hydrogen-bond donors (Lipinski definition) is 3. The molecular formula is C27H29FN4O3. The Balaban J connectivity index is 1.54. The number of benzene rings is 2. The van der Waals surface area contributed by atoms with Crippen molar-refractivity contribution in [1.82, 2.24) is 20.2 Å². The summed E-state index contributed by atoms with van der Waals surface area (Å²) in [5, 5.41) is 14.5. The van der Waals surface area contributed by atoms with E-state index < -0.39 is 5.82 Å². The van der Waals surface area contributed by atoms with Crippen molar-refractivity contribution in [3.05, 3.63) is 70.8 Å². The van der Waals surface area contributed by atoms with Gasteiger partial charge in [-0.1, -0.05) is 24.3 Å². The maximum absolute atomic E-state index is 14.4. The summed E-state index contributed by atoms with van der Waals surface area (Å²) in [5.74, 6) is -0.214. The Morgan fingerprint density at radius 1 is 1.31 bits per heavy atom. The highest BCUT2D eigenvalue weighted by Gasteiger charge is 2.26. The van der Waals surface area contributed by atoms with Crippen molar-refractivity contribution in [2.45, 2.75) is 32.4 Å². The summed E-state index contributed by atoms with van der Waals surface area (Å²) >= 11 is 0. The van der Waals surface area contributed by atoms with Crippen LogP contribution in [0.25, 0.3) is 21.8 Å². The van der Waals surface area contributed by atoms with E-state index in [1.165, 1.54) is 13.2 Å². The molecule has 0 saturated carbocycles. The van der Waals surface area contributed by atoms with Crippen LogP contribution in [-0.2, 0) is 24.2 Å². The topological polar surface area (TPSA) is 90.5 Å². The number of hydrogen-bond acceptors (Lipinski definition) is 5. The van der Waals surface area contributed by atoms with Crippen LogP contribution < -0.4 is 10.1 Å². The number of rotatable bonds is 7. The standard InChI is InChI=1S/C27H29FN4O3/c1-16(15-33)29-13-25(34)32-10-9-19-23(14-32)30-22(12-17-7-8-24(35-2)20(28)11-17)27-26(19)18-5-3-4-6-21(18)31-27/h3-8,11,16,29,31,33H,9-10,12-15H2,1-2H3. The Morgan fingerprint density at radius 2 is 2.14 bits per heavy atom. The number of aromatic nitrogens is 2. The normalized spacial score (nSPS) is 14.3. The lowest BCUT2D eigenvalue weighted by atomic mass is 9.96. The first-order valence-electron chi connectivity index (χ1n) is 11.8. The number of nitrogens with one attached hydrogen (secondary N) is 2. The fourth-order valence-corrected chi connectivity index (χ4v) is 4.80. The summed E-state index contributed by atoms with van der Waals surface area (Å²) < 4.78 is 19.4. The highest BCUT2D eigenvalue weighted by molar-refractivity contribution is 6.10. The number of aliphatic hydroxyl groups excluding tert-OH is 1. The summed E-state index contributed by atoms with van der Waals surface area (Å²) in [5.41, 5.74) is 5.63. The number of ether oxygens (including phenoxy) is 1. The third-order valence-electron chi connectivity index (χ3n) is 6.70. The number of amides is 1. The number of pyridine rings is 1. The maximum Gasteiger partial charge on any atom is 0.236 e. The highest BCUT2D eigenvalue weighted by atomic mass is 19.1. The molecule has 0 spiro atoms. The van der Waals surface area contributed by atoms with Crippen molar-refractivity contribution < 1.29 is 19.0 Å². The lowest BCUT2D eigenvalue weighted by molar-refractivity contribution is -0.131. The molecule has 35 heavy (non-hydrogen) atoms. The van der Waals surface area contributed by atoms with Crippen LogP contribution in [0.4, 0.5) is 4.39 Å². The minimum atomic E-state index is -0.405. The van der Waals surface area contributed by atoms with Gasteiger partial charge in [0.25, 0.3) is 0 Å². The second kappa shape index (κ2) is 9.64. The van der Waals surface area contributed by atoms with E-state index in [0.717, 1.165) is 44.3 Å². The molecule has 2 aromatic carbocycles. The number of aliphatic hydroxyl groups is 1. The molecule has 1 amide bonds. The Hall–Kier alpha value is -3.49. The lowest BCUT2D eigenvalue weighted by Gasteiger charge is -2.29. The van der Waals surface area contributed by atoms with Gasteiger partial charge in [0.2, 0.25) is 5.91 Å². The molecule has 8 heteroatoms. The van der Waals surface area contributed by atoms with Gasteiger partial charge in [-0.25, -0.2) is 4.39 Å². The molecule has 0 saturated heterocycles. The van der Waals surface area contributed by atoms with Gasteiger partial charge in [-0.05, 0) is 42.7 Å². The zero-order valence-corrected chi connectivity index (χ0v) is 19.9. The summed E-state index contributed by atoms with van der Waals surface area (Å²) in [6.07, 6.45) is 1.15. The van der Waals surface area contributed by atoms with E-state index >= 15 is 0 Å². The minimum absolute atomic E-state index is 0.0180. The fourth-order valence-electron chi connectivity index (χ4n) is 4.80. The average molecular weight is 477 g/mol. The number of methoxy groups -OCH3 is 1. The summed E-state index contributed by atoms with van der Waals surface area (Å²) in [6.45, 7) is 3.02. The van der Waals surface area contributed by atoms with E-state index in [1.54, 1.807) is 6.07 Å². The third kappa shape index (κ3) is 4.47. The minimum Gasteiger partial charge on any atom is -0.494 e. The van der Waals surface area contributed by atoms with Crippen LogP contribution in [0, 0.1) is 5.82 Å². The highest BCUT2D eigenvalue weighted by Crippen LogP contribution is 2.35. The van der Waals surface area contributed by atoms with Crippen molar-refractivity contribution in [1.29, 1.82) is 0 Å². The van der Waals surface area contributed by atoms with Gasteiger partial charge in [-0.2, -0.15) is 0 Å². The predicted octanol–water partition coefficient (Wildman–Crippen LogP) is 3.31. The van der Waals surface area contributed by atoms with Crippen molar-refractivity contribution >= 4 is 27.7 Å². The largest absolute Gasteiger partial charge is 0.494 e. The summed E-state index contributed by atoms with van der Waals surface area (Å²) in [7, 11) is 1.45. The zero-order chi connectivity index (χ0) is 24.5. The second-order valence-electron chi connectivity index (χ2n) is 9.08. The summed E-state index contributed by atoms with van der Waals surface area (Å²) in [6, 6.07) is 13.0. The number of fused-ring (bicyclic) bond motifs is 5. The molecule has 7 nitrogen and oxygen atoms in total. The van der Waals surface area contributed by atoms with Gasteiger partial charge in [0.1, 0.15) is 0 Å². The van der Waals surface area contributed by atoms with Gasteiger partial charge in [0, 0.05) is 35.3 Å². The van der Waals surface area contributed by atoms with Crippen LogP contribution >= 0.6 is 0 Å². The van der Waals surface area contributed by atoms with Gasteiger partial charge in [-0.3, -0.25) is 9.78 Å². The predicted molar refractivity (Wildman–Crippen MR) is 133 cm³/mol. The molecule has 1 aliphatic rings. The van der Waals surface area contributed by atoms with Gasteiger partial charge in [0.15, 0.2) is 11.6 Å². The molecule has 0 radical (unpaired) electrons. The van der Waals surface area contributed by atoms with Crippen LogP contribution in [0.5, 0.6) is 5.75 Å². The molecule has 182 valence electrons. The molecule has 0 aliphatic carbocycles. The average Bonchev–Trinajstić information content (AvgIpc) is 3.27. The molecular weight excluding hydrogens is 447 g/mol. The zero-order valence-electron chi connectivity index (χ0n) is 19.9. The fraction of sp³-hybridized carbons (Fsp3) is 0.333. The first-order chi connectivity index (χ1) is 17.0. The monoisotopic (exact) mass is 476 g/mol. The van der Waals surface area contributed by atoms with Gasteiger partial charge in [-0.15, -0.1) is 0 Å². The molecule has 1 unspecified atom stereocenters. The van der Waals surface area contributed by atoms with Gasteiger partial charge < -0.3 is 25.0 Å². The van der Waals surface area contributed by atoms with E-state index in [0.29, 0.717) is 25.9 Å². The lowest BCUT2D eigenvalue weighted by Crippen LogP contribution is -2.44.